The fraction of sp³-hybridized carbons (Fsp3) is 0.211. The number of carbonyl (C=O) groups is 1. The maximum absolute atomic E-state index is 13.4. The second kappa shape index (κ2) is 6.32. The van der Waals surface area contributed by atoms with Gasteiger partial charge in [-0.25, -0.2) is 8.78 Å². The van der Waals surface area contributed by atoms with E-state index in [0.29, 0.717) is 0 Å². The van der Waals surface area contributed by atoms with Gasteiger partial charge >= 0.3 is 0 Å². The molecule has 0 N–H and O–H groups in total. The van der Waals surface area contributed by atoms with E-state index in [1.165, 1.54) is 30.3 Å². The van der Waals surface area contributed by atoms with Crippen molar-refractivity contribution in [2.75, 3.05) is 4.90 Å². The largest absolute Gasteiger partial charge is 0.306 e. The molecule has 4 heteroatoms. The fourth-order valence-corrected chi connectivity index (χ4v) is 2.88. The van der Waals surface area contributed by atoms with Crippen molar-refractivity contribution in [2.45, 2.75) is 25.8 Å². The van der Waals surface area contributed by atoms with E-state index < -0.39 is 0 Å². The summed E-state index contributed by atoms with van der Waals surface area (Å²) < 4.78 is 26.3. The first-order valence-electron chi connectivity index (χ1n) is 7.60. The number of hydrogen-bond donors (Lipinski definition) is 0. The van der Waals surface area contributed by atoms with Crippen molar-refractivity contribution in [3.05, 3.63) is 71.3 Å². The predicted octanol–water partition coefficient (Wildman–Crippen LogP) is 4.35. The van der Waals surface area contributed by atoms with Crippen LogP contribution in [-0.4, -0.2) is 11.9 Å². The molecule has 0 saturated carbocycles. The minimum Gasteiger partial charge on any atom is -0.306 e. The molecule has 2 nitrogen and oxygen atoms in total. The Morgan fingerprint density at radius 2 is 1.83 bits per heavy atom. The standard InChI is InChI=1S/C19H17F2NO/c1-13-2-6-15-12-17(21)9-10-18(15)22(13)19(23)11-5-14-3-7-16(20)8-4-14/h3-5,7-13H,2,6H2,1H3. The Labute approximate surface area is 134 Å². The Hall–Kier alpha value is -2.49. The summed E-state index contributed by atoms with van der Waals surface area (Å²) in [7, 11) is 0. The van der Waals surface area contributed by atoms with E-state index in [2.05, 4.69) is 0 Å². The fourth-order valence-electron chi connectivity index (χ4n) is 2.88. The van der Waals surface area contributed by atoms with Crippen molar-refractivity contribution in [3.63, 3.8) is 0 Å². The number of anilines is 1. The van der Waals surface area contributed by atoms with Crippen LogP contribution in [-0.2, 0) is 11.2 Å². The van der Waals surface area contributed by atoms with E-state index in [1.54, 1.807) is 29.2 Å². The highest BCUT2D eigenvalue weighted by Gasteiger charge is 2.27. The molecule has 0 saturated heterocycles. The number of aryl methyl sites for hydroxylation is 1. The van der Waals surface area contributed by atoms with Gasteiger partial charge < -0.3 is 4.90 Å². The average molecular weight is 313 g/mol. The first-order valence-corrected chi connectivity index (χ1v) is 7.60. The van der Waals surface area contributed by atoms with Crippen molar-refractivity contribution < 1.29 is 13.6 Å². The third kappa shape index (κ3) is 3.31. The van der Waals surface area contributed by atoms with Gasteiger partial charge in [0, 0.05) is 17.8 Å². The van der Waals surface area contributed by atoms with E-state index >= 15 is 0 Å². The summed E-state index contributed by atoms with van der Waals surface area (Å²) in [4.78, 5) is 14.3. The molecule has 1 aliphatic rings. The van der Waals surface area contributed by atoms with Crippen LogP contribution >= 0.6 is 0 Å². The monoisotopic (exact) mass is 313 g/mol. The highest BCUT2D eigenvalue weighted by Crippen LogP contribution is 2.31. The zero-order valence-corrected chi connectivity index (χ0v) is 12.8. The number of halogens is 2. The van der Waals surface area contributed by atoms with E-state index in [-0.39, 0.29) is 23.6 Å². The summed E-state index contributed by atoms with van der Waals surface area (Å²) in [6, 6.07) is 10.5. The van der Waals surface area contributed by atoms with Gasteiger partial charge in [-0.1, -0.05) is 12.1 Å². The van der Waals surface area contributed by atoms with Crippen LogP contribution in [0.2, 0.25) is 0 Å². The molecule has 0 fully saturated rings. The molecule has 3 rings (SSSR count). The van der Waals surface area contributed by atoms with Crippen LogP contribution in [0.3, 0.4) is 0 Å². The summed E-state index contributed by atoms with van der Waals surface area (Å²) in [5.41, 5.74) is 2.37. The molecular formula is C19H17F2NO. The molecular weight excluding hydrogens is 296 g/mol. The van der Waals surface area contributed by atoms with E-state index in [4.69, 9.17) is 0 Å². The quantitative estimate of drug-likeness (QED) is 0.755. The van der Waals surface area contributed by atoms with Gasteiger partial charge in [-0.05, 0) is 67.3 Å². The lowest BCUT2D eigenvalue weighted by atomic mass is 9.96. The molecule has 1 atom stereocenters. The van der Waals surface area contributed by atoms with Crippen molar-refractivity contribution >= 4 is 17.7 Å². The molecule has 0 spiro atoms. The summed E-state index contributed by atoms with van der Waals surface area (Å²) >= 11 is 0. The van der Waals surface area contributed by atoms with Crippen molar-refractivity contribution in [2.24, 2.45) is 0 Å². The molecule has 2 aromatic rings. The highest BCUT2D eigenvalue weighted by atomic mass is 19.1. The van der Waals surface area contributed by atoms with Gasteiger partial charge in [-0.3, -0.25) is 4.79 Å². The average Bonchev–Trinajstić information content (AvgIpc) is 2.54. The Bertz CT molecular complexity index is 752. The smallest absolute Gasteiger partial charge is 0.251 e. The van der Waals surface area contributed by atoms with Gasteiger partial charge in [0.05, 0.1) is 0 Å². The predicted molar refractivity (Wildman–Crippen MR) is 87.1 cm³/mol. The van der Waals surface area contributed by atoms with Crippen LogP contribution in [0.4, 0.5) is 14.5 Å². The molecule has 118 valence electrons. The molecule has 23 heavy (non-hydrogen) atoms. The molecule has 1 heterocycles. The van der Waals surface area contributed by atoms with Crippen LogP contribution in [0.15, 0.2) is 48.5 Å². The third-order valence-corrected chi connectivity index (χ3v) is 4.10. The molecule has 0 bridgehead atoms. The van der Waals surface area contributed by atoms with Gasteiger partial charge in [0.1, 0.15) is 11.6 Å². The molecule has 2 aromatic carbocycles. The van der Waals surface area contributed by atoms with Gasteiger partial charge in [-0.15, -0.1) is 0 Å². The Morgan fingerprint density at radius 1 is 1.13 bits per heavy atom. The van der Waals surface area contributed by atoms with E-state index in [1.807, 2.05) is 6.92 Å². The van der Waals surface area contributed by atoms with Crippen LogP contribution in [0.5, 0.6) is 0 Å². The molecule has 1 aliphatic heterocycles. The van der Waals surface area contributed by atoms with Crippen LogP contribution < -0.4 is 4.90 Å². The van der Waals surface area contributed by atoms with Crippen molar-refractivity contribution in [1.82, 2.24) is 0 Å². The van der Waals surface area contributed by atoms with Gasteiger partial charge in [0.2, 0.25) is 0 Å². The van der Waals surface area contributed by atoms with Crippen molar-refractivity contribution in [1.29, 1.82) is 0 Å². The maximum atomic E-state index is 13.4. The third-order valence-electron chi connectivity index (χ3n) is 4.10. The van der Waals surface area contributed by atoms with Crippen LogP contribution in [0, 0.1) is 11.6 Å². The van der Waals surface area contributed by atoms with E-state index in [0.717, 1.165) is 29.7 Å². The zero-order chi connectivity index (χ0) is 16.4. The number of rotatable bonds is 2. The molecule has 0 radical (unpaired) electrons. The lowest BCUT2D eigenvalue weighted by Gasteiger charge is -2.34. The Balaban J connectivity index is 1.85. The topological polar surface area (TPSA) is 20.3 Å². The summed E-state index contributed by atoms with van der Waals surface area (Å²) in [6.07, 6.45) is 4.70. The second-order valence-electron chi connectivity index (χ2n) is 5.75. The molecule has 1 unspecified atom stereocenters. The number of benzene rings is 2. The number of amides is 1. The van der Waals surface area contributed by atoms with Gasteiger partial charge in [0.25, 0.3) is 5.91 Å². The minimum absolute atomic E-state index is 0.0540. The lowest BCUT2D eigenvalue weighted by molar-refractivity contribution is -0.114. The van der Waals surface area contributed by atoms with Crippen LogP contribution in [0.1, 0.15) is 24.5 Å². The van der Waals surface area contributed by atoms with Gasteiger partial charge in [0.15, 0.2) is 0 Å². The highest BCUT2D eigenvalue weighted by molar-refractivity contribution is 6.05. The number of hydrogen-bond acceptors (Lipinski definition) is 1. The Kier molecular flexibility index (Phi) is 4.24. The normalized spacial score (nSPS) is 17.3. The number of carbonyl (C=O) groups excluding carboxylic acids is 1. The second-order valence-corrected chi connectivity index (χ2v) is 5.75. The zero-order valence-electron chi connectivity index (χ0n) is 12.8. The van der Waals surface area contributed by atoms with E-state index in [9.17, 15) is 13.6 Å². The summed E-state index contributed by atoms with van der Waals surface area (Å²) in [5.74, 6) is -0.754. The van der Waals surface area contributed by atoms with Crippen molar-refractivity contribution in [3.8, 4) is 0 Å². The number of fused-ring (bicyclic) bond motifs is 1. The Morgan fingerprint density at radius 3 is 2.57 bits per heavy atom. The first-order chi connectivity index (χ1) is 11.0. The molecule has 1 amide bonds. The lowest BCUT2D eigenvalue weighted by Crippen LogP contribution is -2.41. The summed E-state index contributed by atoms with van der Waals surface area (Å²) in [6.45, 7) is 1.98. The maximum Gasteiger partial charge on any atom is 0.251 e. The minimum atomic E-state index is -0.311. The van der Waals surface area contributed by atoms with Gasteiger partial charge in [-0.2, -0.15) is 0 Å². The van der Waals surface area contributed by atoms with Crippen LogP contribution in [0.25, 0.3) is 6.08 Å². The molecule has 0 aliphatic carbocycles. The SMILES string of the molecule is CC1CCc2cc(F)ccc2N1C(=O)C=Cc1ccc(F)cc1. The summed E-state index contributed by atoms with van der Waals surface area (Å²) in [5, 5.41) is 0. The number of nitrogens with zero attached hydrogens (tertiary/aromatic N) is 1. The molecule has 0 aromatic heterocycles. The first kappa shape index (κ1) is 15.4.